The van der Waals surface area contributed by atoms with Crippen molar-refractivity contribution in [3.05, 3.63) is 27.7 Å². The van der Waals surface area contributed by atoms with Gasteiger partial charge in [0, 0.05) is 18.2 Å². The number of carbonyl (C=O) groups is 1. The van der Waals surface area contributed by atoms with Crippen LogP contribution in [0, 0.1) is 0 Å². The zero-order valence-electron chi connectivity index (χ0n) is 10.3. The second kappa shape index (κ2) is 6.27. The number of nitrogens with two attached hydrogens (primary N) is 1. The lowest BCUT2D eigenvalue weighted by atomic mass is 10.1. The third kappa shape index (κ3) is 3.28. The summed E-state index contributed by atoms with van der Waals surface area (Å²) in [7, 11) is 0. The van der Waals surface area contributed by atoms with Crippen LogP contribution in [0.5, 0.6) is 0 Å². The standard InChI is InChI=1S/C12H16Cl2N2O2/c1-7(2)16(3-4-17)12(18)8-5-9(13)11(15)10(14)6-8/h5-7,17H,3-4,15H2,1-2H3. The smallest absolute Gasteiger partial charge is 0.254 e. The number of amides is 1. The van der Waals surface area contributed by atoms with Crippen LogP contribution in [0.1, 0.15) is 24.2 Å². The van der Waals surface area contributed by atoms with Gasteiger partial charge >= 0.3 is 0 Å². The molecule has 0 aliphatic heterocycles. The fraction of sp³-hybridized carbons (Fsp3) is 0.417. The van der Waals surface area contributed by atoms with Crippen molar-refractivity contribution in [3.63, 3.8) is 0 Å². The summed E-state index contributed by atoms with van der Waals surface area (Å²) in [5, 5.41) is 9.47. The number of aliphatic hydroxyl groups excluding tert-OH is 1. The van der Waals surface area contributed by atoms with Crippen molar-refractivity contribution in [1.29, 1.82) is 0 Å². The molecule has 6 heteroatoms. The second-order valence-corrected chi connectivity index (χ2v) is 4.98. The minimum atomic E-state index is -0.233. The monoisotopic (exact) mass is 290 g/mol. The van der Waals surface area contributed by atoms with Crippen molar-refractivity contribution in [2.75, 3.05) is 18.9 Å². The fourth-order valence-corrected chi connectivity index (χ4v) is 2.06. The van der Waals surface area contributed by atoms with Gasteiger partial charge in [-0.1, -0.05) is 23.2 Å². The fourth-order valence-electron chi connectivity index (χ4n) is 1.58. The lowest BCUT2D eigenvalue weighted by Crippen LogP contribution is -2.39. The highest BCUT2D eigenvalue weighted by molar-refractivity contribution is 6.39. The highest BCUT2D eigenvalue weighted by Gasteiger charge is 2.20. The Labute approximate surface area is 116 Å². The average molecular weight is 291 g/mol. The van der Waals surface area contributed by atoms with E-state index in [1.165, 1.54) is 17.0 Å². The number of halogens is 2. The van der Waals surface area contributed by atoms with Gasteiger partial charge in [-0.25, -0.2) is 0 Å². The average Bonchev–Trinajstić information content (AvgIpc) is 2.31. The molecule has 0 heterocycles. The minimum absolute atomic E-state index is 0.0280. The Morgan fingerprint density at radius 3 is 2.28 bits per heavy atom. The highest BCUT2D eigenvalue weighted by atomic mass is 35.5. The van der Waals surface area contributed by atoms with E-state index in [0.29, 0.717) is 5.56 Å². The van der Waals surface area contributed by atoms with Crippen LogP contribution in [0.15, 0.2) is 12.1 Å². The van der Waals surface area contributed by atoms with Gasteiger partial charge in [-0.2, -0.15) is 0 Å². The molecule has 100 valence electrons. The molecule has 0 spiro atoms. The summed E-state index contributed by atoms with van der Waals surface area (Å²) in [6.07, 6.45) is 0. The summed E-state index contributed by atoms with van der Waals surface area (Å²) >= 11 is 11.8. The third-order valence-electron chi connectivity index (χ3n) is 2.55. The van der Waals surface area contributed by atoms with E-state index in [9.17, 15) is 4.79 Å². The number of nitrogen functional groups attached to an aromatic ring is 1. The molecule has 3 N–H and O–H groups in total. The maximum atomic E-state index is 12.2. The number of hydrogen-bond acceptors (Lipinski definition) is 3. The Morgan fingerprint density at radius 1 is 1.39 bits per heavy atom. The number of hydrogen-bond donors (Lipinski definition) is 2. The number of aliphatic hydroxyl groups is 1. The Balaban J connectivity index is 3.09. The van der Waals surface area contributed by atoms with Gasteiger partial charge in [-0.05, 0) is 26.0 Å². The summed E-state index contributed by atoms with van der Waals surface area (Å²) < 4.78 is 0. The SMILES string of the molecule is CC(C)N(CCO)C(=O)c1cc(Cl)c(N)c(Cl)c1. The van der Waals surface area contributed by atoms with Crippen LogP contribution in [-0.4, -0.2) is 35.1 Å². The Bertz CT molecular complexity index is 427. The van der Waals surface area contributed by atoms with Gasteiger partial charge in [0.05, 0.1) is 22.3 Å². The summed E-state index contributed by atoms with van der Waals surface area (Å²) in [5.74, 6) is -0.233. The van der Waals surface area contributed by atoms with Crippen LogP contribution < -0.4 is 5.73 Å². The first-order valence-electron chi connectivity index (χ1n) is 5.54. The van der Waals surface area contributed by atoms with Crippen molar-refractivity contribution in [2.24, 2.45) is 0 Å². The predicted molar refractivity (Wildman–Crippen MR) is 74.1 cm³/mol. The van der Waals surface area contributed by atoms with Crippen LogP contribution in [0.25, 0.3) is 0 Å². The molecule has 1 aromatic rings. The summed E-state index contributed by atoms with van der Waals surface area (Å²) in [6.45, 7) is 3.90. The molecule has 4 nitrogen and oxygen atoms in total. The van der Waals surface area contributed by atoms with E-state index in [2.05, 4.69) is 0 Å². The van der Waals surface area contributed by atoms with Gasteiger partial charge in [0.25, 0.3) is 5.91 Å². The van der Waals surface area contributed by atoms with Crippen molar-refractivity contribution in [2.45, 2.75) is 19.9 Å². The van der Waals surface area contributed by atoms with Gasteiger partial charge < -0.3 is 15.7 Å². The molecular formula is C12H16Cl2N2O2. The molecule has 1 aromatic carbocycles. The van der Waals surface area contributed by atoms with E-state index in [1.807, 2.05) is 13.8 Å². The number of carbonyl (C=O) groups excluding carboxylic acids is 1. The first kappa shape index (κ1) is 15.1. The molecule has 18 heavy (non-hydrogen) atoms. The van der Waals surface area contributed by atoms with Gasteiger partial charge in [0.1, 0.15) is 0 Å². The number of rotatable bonds is 4. The predicted octanol–water partition coefficient (Wildman–Crippen LogP) is 2.42. The molecule has 0 atom stereocenters. The van der Waals surface area contributed by atoms with Gasteiger partial charge in [0.15, 0.2) is 0 Å². The maximum Gasteiger partial charge on any atom is 0.254 e. The number of benzene rings is 1. The summed E-state index contributed by atoms with van der Waals surface area (Å²) in [6, 6.07) is 2.94. The van der Waals surface area contributed by atoms with Crippen LogP contribution in [0.3, 0.4) is 0 Å². The number of nitrogens with zero attached hydrogens (tertiary/aromatic N) is 1. The van der Waals surface area contributed by atoms with Gasteiger partial charge in [-0.3, -0.25) is 4.79 Å². The zero-order valence-corrected chi connectivity index (χ0v) is 11.8. The first-order valence-corrected chi connectivity index (χ1v) is 6.30. The summed E-state index contributed by atoms with van der Waals surface area (Å²) in [4.78, 5) is 13.8. The molecular weight excluding hydrogens is 275 g/mol. The lowest BCUT2D eigenvalue weighted by molar-refractivity contribution is 0.0665. The normalized spacial score (nSPS) is 10.8. The molecule has 1 rings (SSSR count). The Kier molecular flexibility index (Phi) is 5.26. The van der Waals surface area contributed by atoms with E-state index < -0.39 is 0 Å². The lowest BCUT2D eigenvalue weighted by Gasteiger charge is -2.26. The molecule has 0 radical (unpaired) electrons. The van der Waals surface area contributed by atoms with Crippen LogP contribution in [0.2, 0.25) is 10.0 Å². The van der Waals surface area contributed by atoms with E-state index in [1.54, 1.807) is 0 Å². The van der Waals surface area contributed by atoms with Gasteiger partial charge in [0.2, 0.25) is 0 Å². The van der Waals surface area contributed by atoms with Crippen molar-refractivity contribution in [3.8, 4) is 0 Å². The first-order chi connectivity index (χ1) is 8.38. The Hall–Kier alpha value is -0.970. The van der Waals surface area contributed by atoms with Crippen molar-refractivity contribution >= 4 is 34.8 Å². The molecule has 0 fully saturated rings. The van der Waals surface area contributed by atoms with Crippen LogP contribution >= 0.6 is 23.2 Å². The van der Waals surface area contributed by atoms with Crippen molar-refractivity contribution in [1.82, 2.24) is 4.90 Å². The number of anilines is 1. The van der Waals surface area contributed by atoms with Crippen molar-refractivity contribution < 1.29 is 9.90 Å². The molecule has 0 saturated carbocycles. The second-order valence-electron chi connectivity index (χ2n) is 4.17. The topological polar surface area (TPSA) is 66.6 Å². The van der Waals surface area contributed by atoms with E-state index in [-0.39, 0.29) is 40.8 Å². The molecule has 0 aromatic heterocycles. The van der Waals surface area contributed by atoms with Crippen LogP contribution in [-0.2, 0) is 0 Å². The maximum absolute atomic E-state index is 12.2. The van der Waals surface area contributed by atoms with E-state index in [4.69, 9.17) is 34.0 Å². The largest absolute Gasteiger partial charge is 0.396 e. The molecule has 1 amide bonds. The molecule has 0 bridgehead atoms. The molecule has 0 aliphatic rings. The highest BCUT2D eigenvalue weighted by Crippen LogP contribution is 2.29. The third-order valence-corrected chi connectivity index (χ3v) is 3.18. The minimum Gasteiger partial charge on any atom is -0.396 e. The molecule has 0 aliphatic carbocycles. The van der Waals surface area contributed by atoms with Gasteiger partial charge in [-0.15, -0.1) is 0 Å². The summed E-state index contributed by atoms with van der Waals surface area (Å²) in [5.41, 5.74) is 6.24. The Morgan fingerprint density at radius 2 is 1.89 bits per heavy atom. The molecule has 0 saturated heterocycles. The zero-order chi connectivity index (χ0) is 13.9. The quantitative estimate of drug-likeness (QED) is 0.837. The van der Waals surface area contributed by atoms with E-state index >= 15 is 0 Å². The van der Waals surface area contributed by atoms with Crippen LogP contribution in [0.4, 0.5) is 5.69 Å². The van der Waals surface area contributed by atoms with E-state index in [0.717, 1.165) is 0 Å². The molecule has 0 unspecified atom stereocenters.